The van der Waals surface area contributed by atoms with E-state index >= 15 is 0 Å². The molecular formula is C37H38Cl2N3O7+. The van der Waals surface area contributed by atoms with Gasteiger partial charge in [-0.1, -0.05) is 59.6 Å². The first kappa shape index (κ1) is 34.4. The van der Waals surface area contributed by atoms with Crippen molar-refractivity contribution in [2.24, 2.45) is 5.92 Å². The van der Waals surface area contributed by atoms with Gasteiger partial charge in [0.2, 0.25) is 12.4 Å². The topological polar surface area (TPSA) is 113 Å². The van der Waals surface area contributed by atoms with E-state index in [0.717, 1.165) is 37.2 Å². The van der Waals surface area contributed by atoms with Crippen LogP contribution in [-0.4, -0.2) is 67.2 Å². The van der Waals surface area contributed by atoms with Crippen LogP contribution in [0.25, 0.3) is 0 Å². The molecule has 10 nitrogen and oxygen atoms in total. The molecule has 7 rings (SSSR count). The van der Waals surface area contributed by atoms with Crippen LogP contribution >= 0.6 is 23.2 Å². The van der Waals surface area contributed by atoms with Crippen molar-refractivity contribution in [3.8, 4) is 11.5 Å². The predicted octanol–water partition coefficient (Wildman–Crippen LogP) is 6.85. The average molecular weight is 708 g/mol. The molecule has 1 amide bonds. The maximum atomic E-state index is 13.9. The largest absolute Gasteiger partial charge is 0.493 e. The minimum absolute atomic E-state index is 0.0741. The Bertz CT molecular complexity index is 1810. The summed E-state index contributed by atoms with van der Waals surface area (Å²) in [6, 6.07) is 19.8. The van der Waals surface area contributed by atoms with Crippen molar-refractivity contribution in [3.63, 3.8) is 0 Å². The second-order valence-electron chi connectivity index (χ2n) is 12.4. The summed E-state index contributed by atoms with van der Waals surface area (Å²) < 4.78 is 18.0. The van der Waals surface area contributed by atoms with Crippen LogP contribution in [0, 0.1) is 5.92 Å². The second kappa shape index (κ2) is 14.9. The lowest BCUT2D eigenvalue weighted by Crippen LogP contribution is -2.53. The molecule has 0 unspecified atom stereocenters. The van der Waals surface area contributed by atoms with Crippen LogP contribution in [0.5, 0.6) is 11.5 Å². The number of hydrogen-bond acceptors (Lipinski definition) is 7. The molecule has 2 atom stereocenters. The highest BCUT2D eigenvalue weighted by Gasteiger charge is 2.37. The number of nitrogens with zero attached hydrogens (tertiary/aromatic N) is 3. The predicted molar refractivity (Wildman–Crippen MR) is 184 cm³/mol. The fraction of sp³-hybridized carbons (Fsp3) is 0.324. The average Bonchev–Trinajstić information content (AvgIpc) is 3.10. The molecule has 3 aliphatic rings. The van der Waals surface area contributed by atoms with E-state index in [1.54, 1.807) is 35.2 Å². The van der Waals surface area contributed by atoms with Crippen LogP contribution in [0.4, 0.5) is 10.5 Å². The number of halogens is 2. The van der Waals surface area contributed by atoms with Gasteiger partial charge in [-0.3, -0.25) is 15.0 Å². The van der Waals surface area contributed by atoms with E-state index < -0.39 is 18.0 Å². The van der Waals surface area contributed by atoms with Crippen LogP contribution < -0.4 is 19.1 Å². The summed E-state index contributed by atoms with van der Waals surface area (Å²) in [5.74, 6) is -0.407. The summed E-state index contributed by atoms with van der Waals surface area (Å²) in [6.07, 6.45) is 4.21. The van der Waals surface area contributed by atoms with Gasteiger partial charge in [0.25, 0.3) is 0 Å². The number of carbonyl (C=O) groups excluding carboxylic acids is 1. The van der Waals surface area contributed by atoms with Crippen molar-refractivity contribution in [1.29, 1.82) is 0 Å². The number of aromatic carboxylic acids is 1. The lowest BCUT2D eigenvalue weighted by molar-refractivity contribution is -0.904. The summed E-state index contributed by atoms with van der Waals surface area (Å²) >= 11 is 13.2. The summed E-state index contributed by atoms with van der Waals surface area (Å²) in [7, 11) is 3.06. The molecule has 3 aromatic carbocycles. The van der Waals surface area contributed by atoms with Gasteiger partial charge in [-0.05, 0) is 85.3 Å². The van der Waals surface area contributed by atoms with Crippen molar-refractivity contribution in [2.45, 2.75) is 37.8 Å². The van der Waals surface area contributed by atoms with Gasteiger partial charge in [0, 0.05) is 28.4 Å². The molecule has 3 aliphatic heterocycles. The zero-order chi connectivity index (χ0) is 34.7. The van der Waals surface area contributed by atoms with Gasteiger partial charge >= 0.3 is 12.1 Å². The third kappa shape index (κ3) is 7.56. The number of piperidine rings is 3. The molecule has 3 fully saturated rings. The number of carbonyl (C=O) groups is 2. The highest BCUT2D eigenvalue weighted by Crippen LogP contribution is 2.39. The monoisotopic (exact) mass is 706 g/mol. The molecule has 3 saturated heterocycles. The highest BCUT2D eigenvalue weighted by molar-refractivity contribution is 6.35. The lowest BCUT2D eigenvalue weighted by Gasteiger charge is -2.44. The Kier molecular flexibility index (Phi) is 10.5. The van der Waals surface area contributed by atoms with Gasteiger partial charge in [0.1, 0.15) is 16.1 Å². The van der Waals surface area contributed by atoms with Gasteiger partial charge in [-0.2, -0.15) is 0 Å². The van der Waals surface area contributed by atoms with E-state index in [0.29, 0.717) is 45.4 Å². The van der Waals surface area contributed by atoms with Gasteiger partial charge in [0.15, 0.2) is 11.5 Å². The molecule has 0 radical (unpaired) electrons. The number of carboxylic acids is 1. The normalized spacial score (nSPS) is 18.8. The minimum atomic E-state index is -1.12. The van der Waals surface area contributed by atoms with Crippen LogP contribution in [-0.2, 0) is 17.7 Å². The lowest BCUT2D eigenvalue weighted by atomic mass is 9.82. The molecule has 12 heteroatoms. The zero-order valence-electron chi connectivity index (χ0n) is 27.2. The zero-order valence-corrected chi connectivity index (χ0v) is 28.7. The Hall–Kier alpha value is -4.51. The fourth-order valence-electron chi connectivity index (χ4n) is 6.90. The third-order valence-corrected chi connectivity index (χ3v) is 10.1. The Labute approximate surface area is 294 Å². The second-order valence-corrected chi connectivity index (χ2v) is 13.2. The standard InChI is InChI=1S/C37H37Cl2N3O7/c1-47-33-11-9-25(17-34(33)48-2)28(18-30-31(38)20-41(46)21-32(30)39)29-16-23(8-10-27(29)36(43)44)19-42(26-6-4-3-5-7-26)37(45)49-35-22-40-14-12-24(35)13-15-40/h3-11,16-17,20-21,24,28,35H,12-15,18-19,22H2,1-2H3,(H-,43,44,46)/p+1/t28-,35-/m0/s1. The first-order valence-electron chi connectivity index (χ1n) is 16.1. The number of anilines is 1. The molecule has 2 bridgehead atoms. The molecule has 0 spiro atoms. The van der Waals surface area contributed by atoms with Crippen LogP contribution in [0.2, 0.25) is 10.0 Å². The van der Waals surface area contributed by atoms with Crippen molar-refractivity contribution >= 4 is 41.0 Å². The van der Waals surface area contributed by atoms with Crippen molar-refractivity contribution < 1.29 is 38.8 Å². The number of para-hydroxylation sites is 1. The quantitative estimate of drug-likeness (QED) is 0.129. The number of pyridine rings is 1. The van der Waals surface area contributed by atoms with Gasteiger partial charge in [0.05, 0.1) is 26.3 Å². The number of amides is 1. The first-order valence-corrected chi connectivity index (χ1v) is 16.8. The molecule has 256 valence electrons. The highest BCUT2D eigenvalue weighted by atomic mass is 35.5. The number of carboxylic acid groups (broad SMARTS) is 1. The molecule has 1 aromatic heterocycles. The smallest absolute Gasteiger partial charge is 0.414 e. The number of hydrogen-bond donors (Lipinski definition) is 2. The molecule has 4 heterocycles. The molecule has 4 aromatic rings. The molecular weight excluding hydrogens is 669 g/mol. The number of methoxy groups -OCH3 is 2. The van der Waals surface area contributed by atoms with Crippen molar-refractivity contribution in [3.05, 3.63) is 117 Å². The maximum absolute atomic E-state index is 13.9. The van der Waals surface area contributed by atoms with E-state index in [9.17, 15) is 19.9 Å². The number of aromatic nitrogens is 1. The van der Waals surface area contributed by atoms with E-state index in [4.69, 9.17) is 37.4 Å². The SMILES string of the molecule is COc1ccc([C@H](Cc2c(Cl)c[n+](O)cc2Cl)c2cc(CN(C(=O)O[C@H]3CN4CCC3CC4)c3ccccc3)ccc2C(=O)O)cc1OC. The molecule has 0 aliphatic carbocycles. The number of ether oxygens (including phenoxy) is 3. The molecule has 49 heavy (non-hydrogen) atoms. The van der Waals surface area contributed by atoms with E-state index in [2.05, 4.69) is 4.90 Å². The van der Waals surface area contributed by atoms with Gasteiger partial charge in [-0.25, -0.2) is 9.59 Å². The van der Waals surface area contributed by atoms with E-state index in [1.165, 1.54) is 26.6 Å². The summed E-state index contributed by atoms with van der Waals surface area (Å²) in [5.41, 5.74) is 3.13. The van der Waals surface area contributed by atoms with Crippen LogP contribution in [0.1, 0.15) is 51.4 Å². The first-order chi connectivity index (χ1) is 23.6. The van der Waals surface area contributed by atoms with Crippen molar-refractivity contribution in [2.75, 3.05) is 38.8 Å². The van der Waals surface area contributed by atoms with Crippen LogP contribution in [0.3, 0.4) is 0 Å². The Balaban J connectivity index is 1.41. The maximum Gasteiger partial charge on any atom is 0.414 e. The Morgan fingerprint density at radius 3 is 2.27 bits per heavy atom. The summed E-state index contributed by atoms with van der Waals surface area (Å²) in [4.78, 5) is 30.6. The summed E-state index contributed by atoms with van der Waals surface area (Å²) in [5, 5.41) is 20.8. The van der Waals surface area contributed by atoms with E-state index in [-0.39, 0.29) is 34.7 Å². The fourth-order valence-corrected chi connectivity index (χ4v) is 7.50. The number of rotatable bonds is 11. The Morgan fingerprint density at radius 1 is 0.959 bits per heavy atom. The Morgan fingerprint density at radius 2 is 1.65 bits per heavy atom. The van der Waals surface area contributed by atoms with Gasteiger partial charge in [-0.15, -0.1) is 0 Å². The number of benzene rings is 3. The third-order valence-electron chi connectivity index (χ3n) is 9.49. The van der Waals surface area contributed by atoms with Crippen LogP contribution in [0.15, 0.2) is 79.1 Å². The van der Waals surface area contributed by atoms with Crippen molar-refractivity contribution in [1.82, 2.24) is 4.90 Å². The summed E-state index contributed by atoms with van der Waals surface area (Å²) in [6.45, 7) is 2.91. The molecule has 0 saturated carbocycles. The van der Waals surface area contributed by atoms with Gasteiger partial charge < -0.3 is 19.3 Å². The number of fused-ring (bicyclic) bond motifs is 3. The van der Waals surface area contributed by atoms with E-state index in [1.807, 2.05) is 36.4 Å². The minimum Gasteiger partial charge on any atom is -0.493 e. The molecule has 2 N–H and O–H groups in total.